The van der Waals surface area contributed by atoms with Crippen LogP contribution in [0.3, 0.4) is 0 Å². The first-order chi connectivity index (χ1) is 2.98. The van der Waals surface area contributed by atoms with Crippen LogP contribution in [0.2, 0.25) is 0 Å². The third-order valence-corrected chi connectivity index (χ3v) is 10.0. The zero-order valence-corrected chi connectivity index (χ0v) is 4.99. The highest BCUT2D eigenvalue weighted by Crippen LogP contribution is 3.16. The van der Waals surface area contributed by atoms with E-state index in [2.05, 4.69) is 11.9 Å². The van der Waals surface area contributed by atoms with Crippen LogP contribution in [0.25, 0.3) is 0 Å². The molecule has 0 radical (unpaired) electrons. The molecule has 0 N–H and O–H groups in total. The van der Waals surface area contributed by atoms with Crippen LogP contribution in [0.1, 0.15) is 0 Å². The van der Waals surface area contributed by atoms with E-state index in [1.165, 1.54) is 11.1 Å². The molecule has 2 fully saturated rings. The molecule has 0 amide bonds. The predicted octanol–water partition coefficient (Wildman–Crippen LogP) is 2.11. The number of hydrogen-bond acceptors (Lipinski definition) is 0. The Balaban J connectivity index is 2.35. The van der Waals surface area contributed by atoms with Gasteiger partial charge in [0.25, 0.3) is 0 Å². The summed E-state index contributed by atoms with van der Waals surface area (Å²) in [6.45, 7) is 0. The summed E-state index contributed by atoms with van der Waals surface area (Å²) >= 11 is 0. The van der Waals surface area contributed by atoms with E-state index < -0.39 is 0 Å². The molecule has 2 bridgehead atoms. The van der Waals surface area contributed by atoms with Gasteiger partial charge in [-0.05, 0) is 7.61 Å². The van der Waals surface area contributed by atoms with Crippen molar-refractivity contribution in [3.8, 4) is 0 Å². The van der Waals surface area contributed by atoms with Crippen molar-refractivity contribution >= 4 is 15.2 Å². The summed E-state index contributed by atoms with van der Waals surface area (Å²) in [6.07, 6.45) is 2.45. The van der Waals surface area contributed by atoms with Gasteiger partial charge in [-0.15, -0.1) is 0 Å². The fourth-order valence-corrected chi connectivity index (χ4v) is 10.1. The number of rotatable bonds is 0. The molecule has 0 saturated carbocycles. The fraction of sp³-hybridized carbons (Fsp3) is 0.500. The second-order valence-electron chi connectivity index (χ2n) is 2.01. The maximum atomic E-state index is 2.48. The molecular weight excluding hydrogens is 110 g/mol. The second kappa shape index (κ2) is 0.556. The van der Waals surface area contributed by atoms with Gasteiger partial charge in [-0.2, -0.15) is 0 Å². The van der Waals surface area contributed by atoms with E-state index in [1.54, 1.807) is 0 Å². The van der Waals surface area contributed by atoms with Crippen molar-refractivity contribution in [2.24, 2.45) is 0 Å². The van der Waals surface area contributed by atoms with Gasteiger partial charge in [0.2, 0.25) is 0 Å². The molecule has 2 saturated heterocycles. The smallest absolute Gasteiger partial charge is 0.0221 e. The summed E-state index contributed by atoms with van der Waals surface area (Å²) in [5.74, 6) is 2.48. The van der Waals surface area contributed by atoms with Gasteiger partial charge in [-0.3, -0.25) is 0 Å². The van der Waals surface area contributed by atoms with Crippen molar-refractivity contribution in [2.45, 2.75) is 11.1 Å². The standard InChI is InChI=1S/C4H4P2/c1-2-5-4-3(1)6(4)5/h1-4H. The van der Waals surface area contributed by atoms with E-state index in [4.69, 9.17) is 0 Å². The summed E-state index contributed by atoms with van der Waals surface area (Å²) in [6, 6.07) is 0. The zero-order chi connectivity index (χ0) is 3.72. The average Bonchev–Trinajstić information content (AvgIpc) is 2.30. The molecule has 0 aliphatic carbocycles. The lowest BCUT2D eigenvalue weighted by Gasteiger charge is -1.84. The summed E-state index contributed by atoms with van der Waals surface area (Å²) in [4.78, 5) is 0. The lowest BCUT2D eigenvalue weighted by molar-refractivity contribution is 1.38. The molecule has 4 rings (SSSR count). The maximum absolute atomic E-state index is 2.48. The molecule has 0 aromatic rings. The second-order valence-corrected chi connectivity index (χ2v) is 8.71. The van der Waals surface area contributed by atoms with E-state index in [1.807, 2.05) is 0 Å². The van der Waals surface area contributed by atoms with Gasteiger partial charge in [0.05, 0.1) is 0 Å². The van der Waals surface area contributed by atoms with E-state index in [0.717, 1.165) is 7.61 Å². The van der Waals surface area contributed by atoms with Crippen LogP contribution in [0, 0.1) is 0 Å². The topological polar surface area (TPSA) is 0 Å². The molecule has 4 heterocycles. The largest absolute Gasteiger partial charge is 0.0749 e. The molecule has 6 heavy (non-hydrogen) atoms. The van der Waals surface area contributed by atoms with Crippen molar-refractivity contribution in [3.05, 3.63) is 11.9 Å². The molecule has 30 valence electrons. The Kier molecular flexibility index (Phi) is 0.259. The molecule has 4 unspecified atom stereocenters. The van der Waals surface area contributed by atoms with Crippen LogP contribution >= 0.6 is 15.2 Å². The lowest BCUT2D eigenvalue weighted by atomic mass is 10.5. The Hall–Kier alpha value is 0.600. The Morgan fingerprint density at radius 3 is 2.50 bits per heavy atom. The molecule has 0 aromatic carbocycles. The minimum Gasteiger partial charge on any atom is -0.0749 e. The third kappa shape index (κ3) is 0.128. The van der Waals surface area contributed by atoms with E-state index >= 15 is 0 Å². The highest BCUT2D eigenvalue weighted by Gasteiger charge is 2.74. The Morgan fingerprint density at radius 1 is 1.50 bits per heavy atom. The molecule has 0 nitrogen and oxygen atoms in total. The van der Waals surface area contributed by atoms with E-state index in [9.17, 15) is 0 Å². The van der Waals surface area contributed by atoms with Crippen LogP contribution < -0.4 is 0 Å². The SMILES string of the molecule is C1=CP2C3C1P32. The molecule has 4 aliphatic heterocycles. The first-order valence-corrected chi connectivity index (χ1v) is 5.90. The van der Waals surface area contributed by atoms with Crippen molar-refractivity contribution in [1.82, 2.24) is 0 Å². The van der Waals surface area contributed by atoms with Crippen molar-refractivity contribution in [1.29, 1.82) is 0 Å². The quantitative estimate of drug-likeness (QED) is 0.423. The predicted molar refractivity (Wildman–Crippen MR) is 30.6 cm³/mol. The summed E-state index contributed by atoms with van der Waals surface area (Å²) in [5.41, 5.74) is 1.19. The number of hydrogen-bond donors (Lipinski definition) is 0. The highest BCUT2D eigenvalue weighted by molar-refractivity contribution is 8.54. The molecule has 4 aliphatic rings. The van der Waals surface area contributed by atoms with Crippen molar-refractivity contribution < 1.29 is 0 Å². The van der Waals surface area contributed by atoms with Crippen molar-refractivity contribution in [2.75, 3.05) is 0 Å². The van der Waals surface area contributed by atoms with E-state index in [-0.39, 0.29) is 0 Å². The molecular formula is C4H4P2. The first kappa shape index (κ1) is 2.80. The monoisotopic (exact) mass is 114 g/mol. The van der Waals surface area contributed by atoms with Gasteiger partial charge < -0.3 is 0 Å². The van der Waals surface area contributed by atoms with Crippen LogP contribution in [-0.2, 0) is 0 Å². The van der Waals surface area contributed by atoms with Gasteiger partial charge in [0.1, 0.15) is 0 Å². The van der Waals surface area contributed by atoms with Crippen LogP contribution in [0.15, 0.2) is 11.9 Å². The summed E-state index contributed by atoms with van der Waals surface area (Å²) in [7, 11) is 1.38. The summed E-state index contributed by atoms with van der Waals surface area (Å²) < 4.78 is 0. The molecule has 2 heteroatoms. The molecule has 0 aromatic heterocycles. The maximum Gasteiger partial charge on any atom is 0.0221 e. The Morgan fingerprint density at radius 2 is 2.33 bits per heavy atom. The zero-order valence-electron chi connectivity index (χ0n) is 3.20. The third-order valence-electron chi connectivity index (χ3n) is 1.71. The Bertz CT molecular complexity index is 116. The van der Waals surface area contributed by atoms with Gasteiger partial charge in [0.15, 0.2) is 0 Å². The van der Waals surface area contributed by atoms with Crippen LogP contribution in [0.4, 0.5) is 0 Å². The lowest BCUT2D eigenvalue weighted by Crippen LogP contribution is -1.73. The van der Waals surface area contributed by atoms with Gasteiger partial charge >= 0.3 is 0 Å². The van der Waals surface area contributed by atoms with Crippen LogP contribution in [-0.4, -0.2) is 11.1 Å². The van der Waals surface area contributed by atoms with Gasteiger partial charge in [-0.25, -0.2) is 0 Å². The molecule has 4 atom stereocenters. The Labute approximate surface area is 39.0 Å². The van der Waals surface area contributed by atoms with Crippen molar-refractivity contribution in [3.63, 3.8) is 0 Å². The first-order valence-electron chi connectivity index (χ1n) is 2.23. The minimum atomic E-state index is 0.646. The highest BCUT2D eigenvalue weighted by atomic mass is 32.1. The fourth-order valence-electron chi connectivity index (χ4n) is 1.21. The normalized spacial score (nSPS) is 77.3. The average molecular weight is 114 g/mol. The number of allylic oxidation sites excluding steroid dienone is 1. The molecule has 0 spiro atoms. The van der Waals surface area contributed by atoms with Gasteiger partial charge in [-0.1, -0.05) is 19.5 Å². The minimum absolute atomic E-state index is 0.646. The van der Waals surface area contributed by atoms with Crippen LogP contribution in [0.5, 0.6) is 0 Å². The summed E-state index contributed by atoms with van der Waals surface area (Å²) in [5, 5.41) is 1.31. The van der Waals surface area contributed by atoms with Gasteiger partial charge in [0, 0.05) is 11.1 Å². The van der Waals surface area contributed by atoms with E-state index in [0.29, 0.717) is 7.61 Å².